The van der Waals surface area contributed by atoms with Gasteiger partial charge in [0, 0.05) is 23.6 Å². The number of urea groups is 1. The van der Waals surface area contributed by atoms with Crippen LogP contribution in [0.1, 0.15) is 64.5 Å². The number of nitrogens with one attached hydrogen (secondary N) is 1. The van der Waals surface area contributed by atoms with E-state index in [1.54, 1.807) is 50.3 Å². The molecule has 1 aliphatic rings. The third-order valence-electron chi connectivity index (χ3n) is 6.73. The molecule has 7 nitrogen and oxygen atoms in total. The van der Waals surface area contributed by atoms with Gasteiger partial charge in [-0.15, -0.1) is 13.2 Å². The van der Waals surface area contributed by atoms with Crippen molar-refractivity contribution in [1.82, 2.24) is 10.2 Å². The first-order valence-electron chi connectivity index (χ1n) is 11.7. The number of carbonyl (C=O) groups is 2. The summed E-state index contributed by atoms with van der Waals surface area (Å²) in [6, 6.07) is 3.85. The molecular formula is C27H41N3O4. The fourth-order valence-corrected chi connectivity index (χ4v) is 5.17. The summed E-state index contributed by atoms with van der Waals surface area (Å²) < 4.78 is 0. The molecule has 0 spiro atoms. The lowest BCUT2D eigenvalue weighted by Gasteiger charge is -2.55. The smallest absolute Gasteiger partial charge is 0.326 e. The highest BCUT2D eigenvalue weighted by Crippen LogP contribution is 2.50. The lowest BCUT2D eigenvalue weighted by Crippen LogP contribution is -2.68. The van der Waals surface area contributed by atoms with E-state index in [1.165, 1.54) is 0 Å². The molecule has 3 atom stereocenters. The van der Waals surface area contributed by atoms with Gasteiger partial charge in [-0.1, -0.05) is 31.6 Å². The Labute approximate surface area is 204 Å². The van der Waals surface area contributed by atoms with Crippen molar-refractivity contribution in [3.05, 3.63) is 66.4 Å². The van der Waals surface area contributed by atoms with E-state index in [2.05, 4.69) is 18.5 Å². The summed E-state index contributed by atoms with van der Waals surface area (Å²) in [4.78, 5) is 26.9. The number of hydrogen-bond acceptors (Lipinski definition) is 5. The maximum absolute atomic E-state index is 13.7. The van der Waals surface area contributed by atoms with Crippen molar-refractivity contribution in [2.24, 2.45) is 5.73 Å². The molecule has 0 radical (unpaired) electrons. The predicted octanol–water partition coefficient (Wildman–Crippen LogP) is 4.43. The normalized spacial score (nSPS) is 24.9. The molecule has 1 heterocycles. The summed E-state index contributed by atoms with van der Waals surface area (Å²) >= 11 is 0. The highest BCUT2D eigenvalue weighted by atomic mass is 16.3. The third-order valence-corrected chi connectivity index (χ3v) is 6.73. The number of hydrogen-bond donors (Lipinski definition) is 4. The Hall–Kier alpha value is -2.90. The Morgan fingerprint density at radius 3 is 2.50 bits per heavy atom. The molecule has 0 saturated carbocycles. The monoisotopic (exact) mass is 471 g/mol. The van der Waals surface area contributed by atoms with Crippen LogP contribution in [0.25, 0.3) is 0 Å². The van der Waals surface area contributed by atoms with Gasteiger partial charge in [0.05, 0.1) is 5.60 Å². The summed E-state index contributed by atoms with van der Waals surface area (Å²) in [6.45, 7) is 15.9. The molecular weight excluding hydrogens is 430 g/mol. The minimum Gasteiger partial charge on any atom is -0.508 e. The van der Waals surface area contributed by atoms with Gasteiger partial charge in [-0.3, -0.25) is 4.79 Å². The fraction of sp³-hybridized carbons (Fsp3) is 0.481. The van der Waals surface area contributed by atoms with Crippen molar-refractivity contribution in [3.8, 4) is 5.75 Å². The maximum atomic E-state index is 13.7. The summed E-state index contributed by atoms with van der Waals surface area (Å²) in [5.41, 5.74) is 5.28. The highest BCUT2D eigenvalue weighted by molar-refractivity contribution is 5.97. The van der Waals surface area contributed by atoms with Gasteiger partial charge < -0.3 is 21.3 Å². The average molecular weight is 472 g/mol. The van der Waals surface area contributed by atoms with Gasteiger partial charge in [0.15, 0.2) is 0 Å². The number of benzene rings is 1. The Morgan fingerprint density at radius 1 is 1.32 bits per heavy atom. The second-order valence-electron chi connectivity index (χ2n) is 8.64. The largest absolute Gasteiger partial charge is 0.508 e. The molecule has 1 aromatic rings. The van der Waals surface area contributed by atoms with Crippen LogP contribution in [0.15, 0.2) is 55.3 Å². The summed E-state index contributed by atoms with van der Waals surface area (Å²) in [5, 5.41) is 25.8. The van der Waals surface area contributed by atoms with Gasteiger partial charge in [0.1, 0.15) is 5.75 Å². The predicted molar refractivity (Wildman–Crippen MR) is 137 cm³/mol. The molecule has 3 unspecified atom stereocenters. The van der Waals surface area contributed by atoms with Crippen LogP contribution in [-0.2, 0) is 10.2 Å². The van der Waals surface area contributed by atoms with Gasteiger partial charge in [0.2, 0.25) is 5.91 Å². The van der Waals surface area contributed by atoms with Gasteiger partial charge >= 0.3 is 6.03 Å². The average Bonchev–Trinajstić information content (AvgIpc) is 2.79. The zero-order valence-corrected chi connectivity index (χ0v) is 21.2. The molecule has 1 saturated heterocycles. The fourth-order valence-electron chi connectivity index (χ4n) is 5.17. The van der Waals surface area contributed by atoms with Crippen molar-refractivity contribution in [3.63, 3.8) is 0 Å². The van der Waals surface area contributed by atoms with Crippen LogP contribution < -0.4 is 11.1 Å². The number of phenols is 1. The number of piperidine rings is 1. The van der Waals surface area contributed by atoms with E-state index in [0.29, 0.717) is 37.1 Å². The second kappa shape index (κ2) is 12.5. The first-order valence-corrected chi connectivity index (χ1v) is 11.7. The number of nitrogens with zero attached hydrogens (tertiary/aromatic N) is 1. The van der Waals surface area contributed by atoms with Crippen molar-refractivity contribution in [2.45, 2.75) is 77.4 Å². The molecule has 1 fully saturated rings. The lowest BCUT2D eigenvalue weighted by molar-refractivity contribution is -0.138. The van der Waals surface area contributed by atoms with Crippen molar-refractivity contribution in [2.75, 3.05) is 6.54 Å². The van der Waals surface area contributed by atoms with Crippen LogP contribution in [0.3, 0.4) is 0 Å². The zero-order valence-electron chi connectivity index (χ0n) is 21.2. The van der Waals surface area contributed by atoms with Crippen LogP contribution >= 0.6 is 0 Å². The number of phenolic OH excluding ortho intramolecular Hbond substituents is 1. The van der Waals surface area contributed by atoms with Crippen LogP contribution in [0.2, 0.25) is 0 Å². The van der Waals surface area contributed by atoms with E-state index in [-0.39, 0.29) is 18.2 Å². The van der Waals surface area contributed by atoms with Crippen LogP contribution in [0.5, 0.6) is 5.75 Å². The van der Waals surface area contributed by atoms with Crippen LogP contribution in [0.4, 0.5) is 4.79 Å². The summed E-state index contributed by atoms with van der Waals surface area (Å²) in [6.07, 6.45) is 6.52. The Morgan fingerprint density at radius 2 is 1.97 bits per heavy atom. The molecule has 0 aromatic heterocycles. The van der Waals surface area contributed by atoms with E-state index in [9.17, 15) is 19.8 Å². The molecule has 1 aromatic carbocycles. The number of aliphatic hydroxyl groups is 1. The SMILES string of the molecule is C/C=C\C(=C/C)N(C(N)=O)C(=O)CC1(c2cc(O)ccc2C)CCNC(C)C1(O)CCC.C=C. The first-order chi connectivity index (χ1) is 16.1. The number of aryl methyl sites for hydroxylation is 1. The number of allylic oxidation sites excluding steroid dienone is 3. The Balaban J connectivity index is 0.00000281. The molecule has 2 rings (SSSR count). The number of aromatic hydroxyl groups is 1. The van der Waals surface area contributed by atoms with Crippen molar-refractivity contribution < 1.29 is 19.8 Å². The third kappa shape index (κ3) is 5.59. The Bertz CT molecular complexity index is 926. The standard InChI is InChI=1S/C25H37N3O4.C2H4/c1-6-9-19(8-3)28(23(26)31)22(30)16-24(21-15-20(29)11-10-17(21)4)13-14-27-18(5)25(24,32)12-7-2;1-2/h6,8-11,15,18,27,29,32H,7,12-14,16H2,1-5H3,(H2,26,31);1-2H2/b9-6-,19-8+;. The molecule has 0 aliphatic carbocycles. The van der Waals surface area contributed by atoms with Crippen LogP contribution in [-0.4, -0.2) is 45.2 Å². The van der Waals surface area contributed by atoms with Crippen LogP contribution in [0, 0.1) is 6.92 Å². The molecule has 1 aliphatic heterocycles. The van der Waals surface area contributed by atoms with Gasteiger partial charge in [0.25, 0.3) is 0 Å². The van der Waals surface area contributed by atoms with E-state index in [1.807, 2.05) is 20.8 Å². The van der Waals surface area contributed by atoms with Gasteiger partial charge in [-0.2, -0.15) is 0 Å². The molecule has 5 N–H and O–H groups in total. The van der Waals surface area contributed by atoms with Crippen molar-refractivity contribution in [1.29, 1.82) is 0 Å². The quantitative estimate of drug-likeness (QED) is 0.347. The number of primary amides is 1. The topological polar surface area (TPSA) is 116 Å². The van der Waals surface area contributed by atoms with Gasteiger partial charge in [-0.25, -0.2) is 9.69 Å². The second-order valence-corrected chi connectivity index (χ2v) is 8.64. The number of carbonyl (C=O) groups excluding carboxylic acids is 2. The summed E-state index contributed by atoms with van der Waals surface area (Å²) in [5.74, 6) is -0.424. The maximum Gasteiger partial charge on any atom is 0.326 e. The Kier molecular flexibility index (Phi) is 10.7. The molecule has 188 valence electrons. The summed E-state index contributed by atoms with van der Waals surface area (Å²) in [7, 11) is 0. The van der Waals surface area contributed by atoms with E-state index >= 15 is 0 Å². The van der Waals surface area contributed by atoms with Gasteiger partial charge in [-0.05, 0) is 76.4 Å². The lowest BCUT2D eigenvalue weighted by atomic mass is 9.56. The first kappa shape index (κ1) is 29.1. The number of imide groups is 1. The number of nitrogens with two attached hydrogens (primary N) is 1. The molecule has 7 heteroatoms. The zero-order chi connectivity index (χ0) is 26.1. The van der Waals surface area contributed by atoms with E-state index in [0.717, 1.165) is 10.5 Å². The molecule has 34 heavy (non-hydrogen) atoms. The highest BCUT2D eigenvalue weighted by Gasteiger charge is 2.57. The minimum atomic E-state index is -1.28. The number of amides is 3. The van der Waals surface area contributed by atoms with E-state index < -0.39 is 23.0 Å². The number of rotatable bonds is 7. The van der Waals surface area contributed by atoms with E-state index in [4.69, 9.17) is 5.73 Å². The minimum absolute atomic E-state index is 0.0669. The van der Waals surface area contributed by atoms with Crippen molar-refractivity contribution >= 4 is 11.9 Å². The molecule has 0 bridgehead atoms. The molecule has 3 amide bonds.